The van der Waals surface area contributed by atoms with Crippen LogP contribution in [0.4, 0.5) is 0 Å². The molecule has 0 amide bonds. The molecule has 2 unspecified atom stereocenters. The molecule has 2 fully saturated rings. The Morgan fingerprint density at radius 3 is 2.93 bits per heavy atom. The lowest BCUT2D eigenvalue weighted by atomic mass is 10.2. The quantitative estimate of drug-likeness (QED) is 0.745. The summed E-state index contributed by atoms with van der Waals surface area (Å²) in [6, 6.07) is 0. The van der Waals surface area contributed by atoms with Crippen molar-refractivity contribution in [3.8, 4) is 0 Å². The molecule has 0 spiro atoms. The van der Waals surface area contributed by atoms with Gasteiger partial charge >= 0.3 is 0 Å². The molecule has 4 heteroatoms. The Kier molecular flexibility index (Phi) is 4.38. The lowest BCUT2D eigenvalue weighted by Gasteiger charge is -2.24. The van der Waals surface area contributed by atoms with E-state index >= 15 is 0 Å². The summed E-state index contributed by atoms with van der Waals surface area (Å²) in [6.07, 6.45) is 4.20. The van der Waals surface area contributed by atoms with Gasteiger partial charge in [-0.25, -0.2) is 0 Å². The van der Waals surface area contributed by atoms with Gasteiger partial charge in [0.25, 0.3) is 0 Å². The van der Waals surface area contributed by atoms with Gasteiger partial charge in [-0.1, -0.05) is 0 Å². The molecule has 0 aliphatic carbocycles. The predicted octanol–water partition coefficient (Wildman–Crippen LogP) is 0.596. The molecule has 2 atom stereocenters. The van der Waals surface area contributed by atoms with E-state index in [4.69, 9.17) is 9.47 Å². The largest absolute Gasteiger partial charge is 0.392 e. The number of aliphatic hydroxyl groups is 1. The average molecular weight is 215 g/mol. The third-order valence-electron chi connectivity index (χ3n) is 3.10. The van der Waals surface area contributed by atoms with Crippen LogP contribution in [0.1, 0.15) is 25.7 Å². The third kappa shape index (κ3) is 3.72. The van der Waals surface area contributed by atoms with E-state index in [1.165, 1.54) is 6.42 Å². The highest BCUT2D eigenvalue weighted by Crippen LogP contribution is 2.14. The van der Waals surface area contributed by atoms with Crippen LogP contribution < -0.4 is 0 Å². The van der Waals surface area contributed by atoms with Crippen molar-refractivity contribution in [2.45, 2.75) is 38.1 Å². The Morgan fingerprint density at radius 1 is 1.33 bits per heavy atom. The fourth-order valence-corrected chi connectivity index (χ4v) is 2.17. The molecule has 1 N–H and O–H groups in total. The third-order valence-corrected chi connectivity index (χ3v) is 3.10. The average Bonchev–Trinajstić information content (AvgIpc) is 2.66. The van der Waals surface area contributed by atoms with E-state index in [0.29, 0.717) is 0 Å². The lowest BCUT2D eigenvalue weighted by Crippen LogP contribution is -2.30. The van der Waals surface area contributed by atoms with Crippen molar-refractivity contribution in [1.82, 2.24) is 4.90 Å². The minimum absolute atomic E-state index is 0.0197. The number of hydrogen-bond donors (Lipinski definition) is 1. The Balaban J connectivity index is 1.54. The van der Waals surface area contributed by atoms with E-state index in [2.05, 4.69) is 4.90 Å². The zero-order valence-electron chi connectivity index (χ0n) is 9.23. The van der Waals surface area contributed by atoms with Gasteiger partial charge in [-0.3, -0.25) is 4.90 Å². The van der Waals surface area contributed by atoms with E-state index in [0.717, 1.165) is 52.1 Å². The first kappa shape index (κ1) is 11.3. The first-order chi connectivity index (χ1) is 7.34. The van der Waals surface area contributed by atoms with Crippen LogP contribution in [0, 0.1) is 0 Å². The van der Waals surface area contributed by atoms with Gasteiger partial charge in [-0.15, -0.1) is 0 Å². The second-order valence-corrected chi connectivity index (χ2v) is 4.41. The number of aliphatic hydroxyl groups excluding tert-OH is 1. The van der Waals surface area contributed by atoms with Gasteiger partial charge in [0.1, 0.15) is 0 Å². The van der Waals surface area contributed by atoms with E-state index in [9.17, 15) is 5.11 Å². The van der Waals surface area contributed by atoms with Crippen LogP contribution in [0.15, 0.2) is 0 Å². The number of rotatable bonds is 4. The van der Waals surface area contributed by atoms with Crippen LogP contribution in [-0.2, 0) is 9.47 Å². The molecule has 0 bridgehead atoms. The lowest BCUT2D eigenvalue weighted by molar-refractivity contribution is -0.163. The molecule has 4 nitrogen and oxygen atoms in total. The fraction of sp³-hybridized carbons (Fsp3) is 1.00. The minimum Gasteiger partial charge on any atom is -0.392 e. The first-order valence-corrected chi connectivity index (χ1v) is 5.98. The van der Waals surface area contributed by atoms with Gasteiger partial charge in [0.15, 0.2) is 6.29 Å². The maximum Gasteiger partial charge on any atom is 0.157 e. The summed E-state index contributed by atoms with van der Waals surface area (Å²) in [6.45, 7) is 4.27. The number of hydrogen-bond acceptors (Lipinski definition) is 4. The van der Waals surface area contributed by atoms with Gasteiger partial charge in [0.2, 0.25) is 0 Å². The van der Waals surface area contributed by atoms with Gasteiger partial charge in [0.05, 0.1) is 12.7 Å². The molecule has 2 rings (SSSR count). The number of ether oxygens (including phenoxy) is 2. The molecule has 88 valence electrons. The van der Waals surface area contributed by atoms with Crippen LogP contribution >= 0.6 is 0 Å². The van der Waals surface area contributed by atoms with Gasteiger partial charge in [-0.05, 0) is 25.7 Å². The molecule has 0 saturated carbocycles. The molecule has 2 aliphatic rings. The Morgan fingerprint density at radius 2 is 2.27 bits per heavy atom. The summed E-state index contributed by atoms with van der Waals surface area (Å²) in [5, 5.41) is 9.34. The summed E-state index contributed by atoms with van der Waals surface area (Å²) in [7, 11) is 0. The van der Waals surface area contributed by atoms with Crippen molar-refractivity contribution in [3.05, 3.63) is 0 Å². The monoisotopic (exact) mass is 215 g/mol. The van der Waals surface area contributed by atoms with E-state index in [-0.39, 0.29) is 12.4 Å². The highest BCUT2D eigenvalue weighted by molar-refractivity contribution is 4.73. The Labute approximate surface area is 91.2 Å². The van der Waals surface area contributed by atoms with Crippen molar-refractivity contribution in [2.75, 3.05) is 32.8 Å². The normalized spacial score (nSPS) is 33.4. The molecule has 15 heavy (non-hydrogen) atoms. The van der Waals surface area contributed by atoms with Crippen LogP contribution in [-0.4, -0.2) is 55.2 Å². The molecular formula is C11H21NO3. The van der Waals surface area contributed by atoms with Gasteiger partial charge < -0.3 is 14.6 Å². The Bertz CT molecular complexity index is 178. The molecule has 2 aliphatic heterocycles. The van der Waals surface area contributed by atoms with E-state index < -0.39 is 0 Å². The first-order valence-electron chi connectivity index (χ1n) is 5.98. The maximum atomic E-state index is 9.34. The SMILES string of the molecule is OC1CCN(CCOC2CCCCO2)C1. The number of nitrogens with zero attached hydrogens (tertiary/aromatic N) is 1. The minimum atomic E-state index is -0.129. The molecule has 2 heterocycles. The standard InChI is InChI=1S/C11H21NO3/c13-10-4-5-12(9-10)6-8-15-11-3-1-2-7-14-11/h10-11,13H,1-9H2. The van der Waals surface area contributed by atoms with Crippen molar-refractivity contribution < 1.29 is 14.6 Å². The van der Waals surface area contributed by atoms with E-state index in [1.807, 2.05) is 0 Å². The highest BCUT2D eigenvalue weighted by atomic mass is 16.7. The summed E-state index contributed by atoms with van der Waals surface area (Å²) in [5.74, 6) is 0. The van der Waals surface area contributed by atoms with Gasteiger partial charge in [-0.2, -0.15) is 0 Å². The second kappa shape index (κ2) is 5.80. The van der Waals surface area contributed by atoms with Crippen molar-refractivity contribution in [2.24, 2.45) is 0 Å². The summed E-state index contributed by atoms with van der Waals surface area (Å²) in [5.41, 5.74) is 0. The topological polar surface area (TPSA) is 41.9 Å². The van der Waals surface area contributed by atoms with Crippen LogP contribution in [0.25, 0.3) is 0 Å². The van der Waals surface area contributed by atoms with Crippen molar-refractivity contribution >= 4 is 0 Å². The summed E-state index contributed by atoms with van der Waals surface area (Å²) < 4.78 is 11.1. The van der Waals surface area contributed by atoms with Gasteiger partial charge in [0, 0.05) is 26.2 Å². The molecule has 0 aromatic rings. The van der Waals surface area contributed by atoms with Crippen LogP contribution in [0.5, 0.6) is 0 Å². The molecular weight excluding hydrogens is 194 g/mol. The molecule has 0 aromatic carbocycles. The number of β-amino-alcohol motifs (C(OH)–C–C–N with tert-alkyl or cyclic N) is 1. The van der Waals surface area contributed by atoms with Crippen molar-refractivity contribution in [3.63, 3.8) is 0 Å². The summed E-state index contributed by atoms with van der Waals surface area (Å²) >= 11 is 0. The van der Waals surface area contributed by atoms with Crippen LogP contribution in [0.3, 0.4) is 0 Å². The van der Waals surface area contributed by atoms with E-state index in [1.54, 1.807) is 0 Å². The Hall–Kier alpha value is -0.160. The molecule has 0 aromatic heterocycles. The highest BCUT2D eigenvalue weighted by Gasteiger charge is 2.20. The van der Waals surface area contributed by atoms with Crippen LogP contribution in [0.2, 0.25) is 0 Å². The maximum absolute atomic E-state index is 9.34. The van der Waals surface area contributed by atoms with Crippen molar-refractivity contribution in [1.29, 1.82) is 0 Å². The zero-order chi connectivity index (χ0) is 10.5. The zero-order valence-corrected chi connectivity index (χ0v) is 9.23. The molecule has 0 radical (unpaired) electrons. The summed E-state index contributed by atoms with van der Waals surface area (Å²) in [4.78, 5) is 2.24. The smallest absolute Gasteiger partial charge is 0.157 e. The fourth-order valence-electron chi connectivity index (χ4n) is 2.17. The second-order valence-electron chi connectivity index (χ2n) is 4.41. The number of likely N-dealkylation sites (tertiary alicyclic amines) is 1. The molecule has 2 saturated heterocycles. The predicted molar refractivity (Wildman–Crippen MR) is 56.6 cm³/mol.